The number of benzene rings is 1. The molecule has 0 radical (unpaired) electrons. The number of β-amino-alcohol motifs (C(OH)–C–C–N with tert-alkyl or cyclic N) is 1. The van der Waals surface area contributed by atoms with Crippen molar-refractivity contribution in [2.45, 2.75) is 25.0 Å². The van der Waals surface area contributed by atoms with Crippen molar-refractivity contribution in [2.75, 3.05) is 52.0 Å². The first-order chi connectivity index (χ1) is 14.1. The molecule has 2 N–H and O–H groups in total. The predicted molar refractivity (Wildman–Crippen MR) is 111 cm³/mol. The lowest BCUT2D eigenvalue weighted by Gasteiger charge is -2.39. The van der Waals surface area contributed by atoms with Gasteiger partial charge in [-0.05, 0) is 36.6 Å². The molecule has 2 heterocycles. The van der Waals surface area contributed by atoms with Crippen molar-refractivity contribution in [1.29, 1.82) is 0 Å². The molecule has 1 aliphatic rings. The van der Waals surface area contributed by atoms with Crippen molar-refractivity contribution >= 4 is 5.95 Å². The molecule has 1 aromatic heterocycles. The molecule has 1 saturated heterocycles. The minimum atomic E-state index is -0.818. The Labute approximate surface area is 171 Å². The summed E-state index contributed by atoms with van der Waals surface area (Å²) in [5, 5.41) is 14.4. The van der Waals surface area contributed by atoms with Gasteiger partial charge in [-0.3, -0.25) is 0 Å². The zero-order valence-electron chi connectivity index (χ0n) is 17.1. The number of hydrogen-bond donors (Lipinski definition) is 2. The molecule has 1 aromatic carbocycles. The summed E-state index contributed by atoms with van der Waals surface area (Å²) < 4.78 is 16.1. The van der Waals surface area contributed by atoms with Crippen molar-refractivity contribution in [2.24, 2.45) is 0 Å². The maximum absolute atomic E-state index is 11.0. The van der Waals surface area contributed by atoms with Gasteiger partial charge in [0.1, 0.15) is 6.61 Å². The molecule has 29 heavy (non-hydrogen) atoms. The zero-order chi connectivity index (χ0) is 20.5. The van der Waals surface area contributed by atoms with E-state index in [4.69, 9.17) is 14.2 Å². The summed E-state index contributed by atoms with van der Waals surface area (Å²) >= 11 is 0. The van der Waals surface area contributed by atoms with Crippen LogP contribution in [-0.2, 0) is 11.3 Å². The first kappa shape index (κ1) is 21.3. The Bertz CT molecular complexity index is 762. The number of nitrogens with zero attached hydrogens (tertiary/aromatic N) is 3. The lowest BCUT2D eigenvalue weighted by atomic mass is 9.93. The van der Waals surface area contributed by atoms with E-state index in [1.54, 1.807) is 32.7 Å². The van der Waals surface area contributed by atoms with Crippen LogP contribution in [-0.4, -0.2) is 67.7 Å². The lowest BCUT2D eigenvalue weighted by Crippen LogP contribution is -2.53. The molecular weight excluding hydrogens is 372 g/mol. The number of aromatic nitrogens is 2. The SMILES string of the molecule is COCCOc1cc(CNC[C@]2(O)CCCN(c3ncccn3)C2)ccc1OC. The largest absolute Gasteiger partial charge is 0.493 e. The van der Waals surface area contributed by atoms with E-state index in [2.05, 4.69) is 15.3 Å². The molecule has 3 rings (SSSR count). The molecule has 0 unspecified atom stereocenters. The highest BCUT2D eigenvalue weighted by molar-refractivity contribution is 5.43. The molecule has 0 spiro atoms. The molecule has 1 fully saturated rings. The maximum Gasteiger partial charge on any atom is 0.225 e. The van der Waals surface area contributed by atoms with E-state index >= 15 is 0 Å². The number of ether oxygens (including phenoxy) is 3. The Hall–Kier alpha value is -2.42. The highest BCUT2D eigenvalue weighted by atomic mass is 16.5. The van der Waals surface area contributed by atoms with E-state index in [1.165, 1.54) is 0 Å². The molecule has 1 atom stereocenters. The van der Waals surface area contributed by atoms with Crippen molar-refractivity contribution in [3.63, 3.8) is 0 Å². The lowest BCUT2D eigenvalue weighted by molar-refractivity contribution is 0.0256. The average molecular weight is 402 g/mol. The first-order valence-corrected chi connectivity index (χ1v) is 9.87. The Morgan fingerprint density at radius 3 is 2.76 bits per heavy atom. The van der Waals surface area contributed by atoms with Gasteiger partial charge in [0.25, 0.3) is 0 Å². The summed E-state index contributed by atoms with van der Waals surface area (Å²) in [7, 11) is 3.26. The van der Waals surface area contributed by atoms with Crippen LogP contribution < -0.4 is 19.7 Å². The number of methoxy groups -OCH3 is 2. The zero-order valence-corrected chi connectivity index (χ0v) is 17.1. The van der Waals surface area contributed by atoms with Crippen LogP contribution in [0.5, 0.6) is 11.5 Å². The molecule has 0 amide bonds. The fraction of sp³-hybridized carbons (Fsp3) is 0.524. The summed E-state index contributed by atoms with van der Waals surface area (Å²) in [6, 6.07) is 7.63. The third-order valence-corrected chi connectivity index (χ3v) is 4.95. The summed E-state index contributed by atoms with van der Waals surface area (Å²) in [6.07, 6.45) is 5.10. The highest BCUT2D eigenvalue weighted by Crippen LogP contribution is 2.28. The first-order valence-electron chi connectivity index (χ1n) is 9.87. The van der Waals surface area contributed by atoms with Gasteiger partial charge in [0.2, 0.25) is 5.95 Å². The van der Waals surface area contributed by atoms with Crippen molar-refractivity contribution in [3.05, 3.63) is 42.2 Å². The van der Waals surface area contributed by atoms with Gasteiger partial charge in [-0.25, -0.2) is 9.97 Å². The smallest absolute Gasteiger partial charge is 0.225 e. The van der Waals surface area contributed by atoms with E-state index in [0.717, 1.165) is 24.9 Å². The number of anilines is 1. The second-order valence-electron chi connectivity index (χ2n) is 7.23. The van der Waals surface area contributed by atoms with Crippen LogP contribution in [0.25, 0.3) is 0 Å². The summed E-state index contributed by atoms with van der Waals surface area (Å²) in [5.41, 5.74) is 0.239. The number of hydrogen-bond acceptors (Lipinski definition) is 8. The van der Waals surface area contributed by atoms with Gasteiger partial charge in [0.15, 0.2) is 11.5 Å². The van der Waals surface area contributed by atoms with Gasteiger partial charge in [0.05, 0.1) is 25.9 Å². The van der Waals surface area contributed by atoms with Crippen LogP contribution in [0.3, 0.4) is 0 Å². The van der Waals surface area contributed by atoms with Crippen LogP contribution in [0, 0.1) is 0 Å². The van der Waals surface area contributed by atoms with E-state index in [-0.39, 0.29) is 0 Å². The third kappa shape index (κ3) is 6.03. The van der Waals surface area contributed by atoms with Crippen molar-refractivity contribution < 1.29 is 19.3 Å². The maximum atomic E-state index is 11.0. The predicted octanol–water partition coefficient (Wildman–Crippen LogP) is 1.63. The monoisotopic (exact) mass is 402 g/mol. The Balaban J connectivity index is 1.55. The van der Waals surface area contributed by atoms with Crippen molar-refractivity contribution in [1.82, 2.24) is 15.3 Å². The Morgan fingerprint density at radius 1 is 1.17 bits per heavy atom. The molecule has 8 heteroatoms. The van der Waals surface area contributed by atoms with E-state index in [9.17, 15) is 5.11 Å². The Kier molecular flexibility index (Phi) is 7.62. The molecule has 158 valence electrons. The van der Waals surface area contributed by atoms with Gasteiger partial charge < -0.3 is 29.5 Å². The minimum Gasteiger partial charge on any atom is -0.493 e. The Morgan fingerprint density at radius 2 is 2.00 bits per heavy atom. The van der Waals surface area contributed by atoms with Crippen LogP contribution >= 0.6 is 0 Å². The average Bonchev–Trinajstić information content (AvgIpc) is 2.75. The minimum absolute atomic E-state index is 0.459. The van der Waals surface area contributed by atoms with Crippen LogP contribution in [0.1, 0.15) is 18.4 Å². The molecule has 0 saturated carbocycles. The molecular formula is C21H30N4O4. The third-order valence-electron chi connectivity index (χ3n) is 4.95. The van der Waals surface area contributed by atoms with Gasteiger partial charge >= 0.3 is 0 Å². The van der Waals surface area contributed by atoms with Gasteiger partial charge in [-0.1, -0.05) is 6.07 Å². The standard InChI is InChI=1S/C21H30N4O4/c1-27-11-12-29-19-13-17(5-6-18(19)28-2)14-22-15-21(26)7-3-10-25(16-21)20-23-8-4-9-24-20/h4-6,8-9,13,22,26H,3,7,10-12,14-16H2,1-2H3/t21-/m1/s1. The summed E-state index contributed by atoms with van der Waals surface area (Å²) in [6.45, 7) is 3.45. The van der Waals surface area contributed by atoms with Crippen LogP contribution in [0.2, 0.25) is 0 Å². The molecule has 8 nitrogen and oxygen atoms in total. The van der Waals surface area contributed by atoms with Gasteiger partial charge in [-0.2, -0.15) is 0 Å². The second kappa shape index (κ2) is 10.4. The normalized spacial score (nSPS) is 19.2. The van der Waals surface area contributed by atoms with Crippen LogP contribution in [0.15, 0.2) is 36.7 Å². The molecule has 0 bridgehead atoms. The summed E-state index contributed by atoms with van der Waals surface area (Å²) in [4.78, 5) is 10.6. The second-order valence-corrected chi connectivity index (χ2v) is 7.23. The van der Waals surface area contributed by atoms with E-state index in [0.29, 0.717) is 50.3 Å². The number of aliphatic hydroxyl groups is 1. The van der Waals surface area contributed by atoms with Crippen molar-refractivity contribution in [3.8, 4) is 11.5 Å². The summed E-state index contributed by atoms with van der Waals surface area (Å²) in [5.74, 6) is 2.04. The van der Waals surface area contributed by atoms with E-state index in [1.807, 2.05) is 23.1 Å². The van der Waals surface area contributed by atoms with Gasteiger partial charge in [-0.15, -0.1) is 0 Å². The fourth-order valence-corrected chi connectivity index (χ4v) is 3.50. The van der Waals surface area contributed by atoms with Gasteiger partial charge in [0, 0.05) is 39.1 Å². The topological polar surface area (TPSA) is 89.0 Å². The number of piperidine rings is 1. The number of nitrogens with one attached hydrogen (secondary N) is 1. The fourth-order valence-electron chi connectivity index (χ4n) is 3.50. The molecule has 2 aromatic rings. The molecule has 1 aliphatic heterocycles. The quantitative estimate of drug-likeness (QED) is 0.580. The van der Waals surface area contributed by atoms with Crippen LogP contribution in [0.4, 0.5) is 5.95 Å². The number of rotatable bonds is 10. The molecule has 0 aliphatic carbocycles. The highest BCUT2D eigenvalue weighted by Gasteiger charge is 2.33. The van der Waals surface area contributed by atoms with E-state index < -0.39 is 5.60 Å².